The molecule has 0 aliphatic heterocycles. The lowest BCUT2D eigenvalue weighted by Crippen LogP contribution is -2.07. The molecule has 0 unspecified atom stereocenters. The summed E-state index contributed by atoms with van der Waals surface area (Å²) in [6.45, 7) is 3.59. The highest BCUT2D eigenvalue weighted by Gasteiger charge is 1.99. The predicted octanol–water partition coefficient (Wildman–Crippen LogP) is 1.70. The normalized spacial score (nSPS) is 10.8. The number of aryl methyl sites for hydroxylation is 1. The number of fused-ring (bicyclic) bond motifs is 1. The van der Waals surface area contributed by atoms with E-state index in [0.717, 1.165) is 17.7 Å². The van der Waals surface area contributed by atoms with Crippen LogP contribution >= 0.6 is 0 Å². The Morgan fingerprint density at radius 3 is 3.20 bits per heavy atom. The van der Waals surface area contributed by atoms with Crippen LogP contribution in [-0.2, 0) is 4.74 Å². The number of rotatable bonds is 4. The summed E-state index contributed by atoms with van der Waals surface area (Å²) in [6, 6.07) is 4.10. The van der Waals surface area contributed by atoms with Crippen LogP contribution in [0, 0.1) is 6.92 Å². The Hall–Kier alpha value is -1.55. The number of hydrogen-bond donors (Lipinski definition) is 1. The summed E-state index contributed by atoms with van der Waals surface area (Å²) in [6.07, 6.45) is 3.83. The van der Waals surface area contributed by atoms with Crippen LogP contribution < -0.4 is 5.32 Å². The van der Waals surface area contributed by atoms with Gasteiger partial charge in [-0.1, -0.05) is 0 Å². The van der Waals surface area contributed by atoms with Gasteiger partial charge in [0.1, 0.15) is 0 Å². The number of nitrogens with one attached hydrogen (secondary N) is 1. The van der Waals surface area contributed by atoms with Crippen LogP contribution in [0.5, 0.6) is 0 Å². The van der Waals surface area contributed by atoms with Crippen LogP contribution in [0.4, 0.5) is 5.69 Å². The zero-order valence-electron chi connectivity index (χ0n) is 9.03. The molecule has 0 fully saturated rings. The fourth-order valence-corrected chi connectivity index (χ4v) is 1.51. The van der Waals surface area contributed by atoms with Crippen LogP contribution in [0.3, 0.4) is 0 Å². The first-order valence-corrected chi connectivity index (χ1v) is 4.98. The second-order valence-electron chi connectivity index (χ2n) is 3.49. The maximum atomic E-state index is 4.98. The standard InChI is InChI=1S/C11H15N3O/c1-9-8-13-14-5-3-10(7-11(9)14)12-4-6-15-2/h3,5,7-8,12H,4,6H2,1-2H3. The number of pyridine rings is 1. The van der Waals surface area contributed by atoms with Crippen molar-refractivity contribution in [1.29, 1.82) is 0 Å². The van der Waals surface area contributed by atoms with Gasteiger partial charge in [0, 0.05) is 25.5 Å². The van der Waals surface area contributed by atoms with Gasteiger partial charge in [0.05, 0.1) is 18.3 Å². The first kappa shape index (κ1) is 9.98. The monoisotopic (exact) mass is 205 g/mol. The molecule has 80 valence electrons. The highest BCUT2D eigenvalue weighted by Crippen LogP contribution is 2.14. The molecule has 0 aliphatic rings. The smallest absolute Gasteiger partial charge is 0.0711 e. The van der Waals surface area contributed by atoms with Crippen molar-refractivity contribution in [1.82, 2.24) is 9.61 Å². The molecule has 0 bridgehead atoms. The maximum Gasteiger partial charge on any atom is 0.0711 e. The summed E-state index contributed by atoms with van der Waals surface area (Å²) < 4.78 is 6.85. The largest absolute Gasteiger partial charge is 0.383 e. The minimum atomic E-state index is 0.712. The molecule has 2 rings (SSSR count). The second kappa shape index (κ2) is 4.31. The van der Waals surface area contributed by atoms with E-state index in [9.17, 15) is 0 Å². The molecule has 1 N–H and O–H groups in total. The van der Waals surface area contributed by atoms with Gasteiger partial charge >= 0.3 is 0 Å². The average molecular weight is 205 g/mol. The Labute approximate surface area is 88.9 Å². The van der Waals surface area contributed by atoms with E-state index < -0.39 is 0 Å². The van der Waals surface area contributed by atoms with Gasteiger partial charge in [-0.25, -0.2) is 4.52 Å². The number of hydrogen-bond acceptors (Lipinski definition) is 3. The average Bonchev–Trinajstić information content (AvgIpc) is 2.61. The molecule has 0 atom stereocenters. The lowest BCUT2D eigenvalue weighted by Gasteiger charge is -2.05. The van der Waals surface area contributed by atoms with Gasteiger partial charge in [-0.3, -0.25) is 0 Å². The lowest BCUT2D eigenvalue weighted by atomic mass is 10.3. The molecular weight excluding hydrogens is 190 g/mol. The van der Waals surface area contributed by atoms with E-state index in [0.29, 0.717) is 6.61 Å². The Morgan fingerprint density at radius 2 is 2.40 bits per heavy atom. The minimum absolute atomic E-state index is 0.712. The lowest BCUT2D eigenvalue weighted by molar-refractivity contribution is 0.211. The van der Waals surface area contributed by atoms with Gasteiger partial charge in [-0.2, -0.15) is 5.10 Å². The van der Waals surface area contributed by atoms with Crippen LogP contribution in [0.2, 0.25) is 0 Å². The van der Waals surface area contributed by atoms with Gasteiger partial charge in [0.25, 0.3) is 0 Å². The van der Waals surface area contributed by atoms with Crippen molar-refractivity contribution >= 4 is 11.2 Å². The zero-order chi connectivity index (χ0) is 10.7. The summed E-state index contributed by atoms with van der Waals surface area (Å²) in [5, 5.41) is 7.51. The van der Waals surface area contributed by atoms with Crippen molar-refractivity contribution in [3.63, 3.8) is 0 Å². The first-order chi connectivity index (χ1) is 7.31. The number of methoxy groups -OCH3 is 1. The maximum absolute atomic E-state index is 4.98. The molecule has 0 amide bonds. The topological polar surface area (TPSA) is 38.6 Å². The number of aromatic nitrogens is 2. The molecule has 15 heavy (non-hydrogen) atoms. The quantitative estimate of drug-likeness (QED) is 0.772. The zero-order valence-corrected chi connectivity index (χ0v) is 9.03. The van der Waals surface area contributed by atoms with E-state index in [1.54, 1.807) is 7.11 Å². The minimum Gasteiger partial charge on any atom is -0.383 e. The summed E-state index contributed by atoms with van der Waals surface area (Å²) in [5.74, 6) is 0. The van der Waals surface area contributed by atoms with E-state index in [2.05, 4.69) is 23.4 Å². The van der Waals surface area contributed by atoms with Crippen LogP contribution in [0.15, 0.2) is 24.5 Å². The highest BCUT2D eigenvalue weighted by molar-refractivity contribution is 5.61. The summed E-state index contributed by atoms with van der Waals surface area (Å²) >= 11 is 0. The Morgan fingerprint density at radius 1 is 1.53 bits per heavy atom. The van der Waals surface area contributed by atoms with Gasteiger partial charge in [-0.15, -0.1) is 0 Å². The number of nitrogens with zero attached hydrogens (tertiary/aromatic N) is 2. The Balaban J connectivity index is 2.18. The summed E-state index contributed by atoms with van der Waals surface area (Å²) in [5.41, 5.74) is 3.42. The van der Waals surface area contributed by atoms with Gasteiger partial charge in [0.15, 0.2) is 0 Å². The van der Waals surface area contributed by atoms with E-state index in [4.69, 9.17) is 4.74 Å². The Kier molecular flexibility index (Phi) is 2.87. The van der Waals surface area contributed by atoms with Gasteiger partial charge < -0.3 is 10.1 Å². The van der Waals surface area contributed by atoms with Crippen molar-refractivity contribution in [3.8, 4) is 0 Å². The second-order valence-corrected chi connectivity index (χ2v) is 3.49. The highest BCUT2D eigenvalue weighted by atomic mass is 16.5. The van der Waals surface area contributed by atoms with Crippen molar-refractivity contribution in [2.75, 3.05) is 25.6 Å². The number of ether oxygens (including phenoxy) is 1. The molecule has 0 aliphatic carbocycles. The van der Waals surface area contributed by atoms with E-state index in [1.807, 2.05) is 23.0 Å². The molecule has 2 aromatic heterocycles. The van der Waals surface area contributed by atoms with Crippen molar-refractivity contribution in [2.45, 2.75) is 6.92 Å². The molecule has 0 radical (unpaired) electrons. The third-order valence-corrected chi connectivity index (χ3v) is 2.35. The molecular formula is C11H15N3O. The summed E-state index contributed by atoms with van der Waals surface area (Å²) in [4.78, 5) is 0. The van der Waals surface area contributed by atoms with Crippen LogP contribution in [-0.4, -0.2) is 29.9 Å². The molecule has 0 aromatic carbocycles. The van der Waals surface area contributed by atoms with Crippen molar-refractivity contribution < 1.29 is 4.74 Å². The molecule has 4 nitrogen and oxygen atoms in total. The van der Waals surface area contributed by atoms with E-state index in [-0.39, 0.29) is 0 Å². The molecule has 4 heteroatoms. The third kappa shape index (κ3) is 2.10. The van der Waals surface area contributed by atoms with E-state index in [1.165, 1.54) is 5.56 Å². The van der Waals surface area contributed by atoms with Gasteiger partial charge in [-0.05, 0) is 24.6 Å². The predicted molar refractivity (Wildman–Crippen MR) is 60.3 cm³/mol. The molecule has 2 heterocycles. The fraction of sp³-hybridized carbons (Fsp3) is 0.364. The summed E-state index contributed by atoms with van der Waals surface area (Å²) in [7, 11) is 1.70. The third-order valence-electron chi connectivity index (χ3n) is 2.35. The molecule has 0 saturated carbocycles. The molecule has 0 saturated heterocycles. The number of anilines is 1. The fourth-order valence-electron chi connectivity index (χ4n) is 1.51. The molecule has 0 spiro atoms. The van der Waals surface area contributed by atoms with E-state index >= 15 is 0 Å². The molecule has 2 aromatic rings. The van der Waals surface area contributed by atoms with Crippen molar-refractivity contribution in [2.24, 2.45) is 0 Å². The van der Waals surface area contributed by atoms with Gasteiger partial charge in [0.2, 0.25) is 0 Å². The van der Waals surface area contributed by atoms with Crippen LogP contribution in [0.1, 0.15) is 5.56 Å². The Bertz CT molecular complexity index is 450. The van der Waals surface area contributed by atoms with Crippen LogP contribution in [0.25, 0.3) is 5.52 Å². The van der Waals surface area contributed by atoms with Crippen molar-refractivity contribution in [3.05, 3.63) is 30.1 Å². The first-order valence-electron chi connectivity index (χ1n) is 4.98. The SMILES string of the molecule is COCCNc1ccn2ncc(C)c2c1.